The zero-order valence-electron chi connectivity index (χ0n) is 13.3. The number of ether oxygens (including phenoxy) is 1. The normalized spacial score (nSPS) is 13.4. The lowest BCUT2D eigenvalue weighted by atomic mass is 10.1. The minimum Gasteiger partial charge on any atom is -0.384 e. The number of rotatable bonds is 7. The van der Waals surface area contributed by atoms with Crippen LogP contribution >= 0.6 is 11.3 Å². The molecule has 1 aliphatic rings. The maximum atomic E-state index is 5.28. The predicted octanol–water partition coefficient (Wildman–Crippen LogP) is 3.07. The van der Waals surface area contributed by atoms with Crippen molar-refractivity contribution in [2.45, 2.75) is 26.4 Å². The summed E-state index contributed by atoms with van der Waals surface area (Å²) in [4.78, 5) is 8.15. The maximum Gasteiger partial charge on any atom is 0.0798 e. The van der Waals surface area contributed by atoms with Gasteiger partial charge in [-0.1, -0.05) is 18.2 Å². The number of benzene rings is 1. The Kier molecular flexibility index (Phi) is 5.08. The molecule has 0 unspecified atom stereocenters. The molecule has 2 heterocycles. The molecule has 3 rings (SSSR count). The van der Waals surface area contributed by atoms with Crippen LogP contribution in [0.3, 0.4) is 0 Å². The number of methoxy groups -OCH3 is 1. The third-order valence-electron chi connectivity index (χ3n) is 4.15. The molecule has 22 heavy (non-hydrogen) atoms. The molecule has 0 saturated heterocycles. The average Bonchev–Trinajstić information content (AvgIpc) is 3.15. The molecule has 5 heteroatoms. The second-order valence-electron chi connectivity index (χ2n) is 5.69. The minimum atomic E-state index is 0.750. The highest BCUT2D eigenvalue weighted by Crippen LogP contribution is 2.28. The summed E-state index contributed by atoms with van der Waals surface area (Å²) in [5.74, 6) is 0. The van der Waals surface area contributed by atoms with Gasteiger partial charge in [0.2, 0.25) is 0 Å². The van der Waals surface area contributed by atoms with Crippen LogP contribution in [0.15, 0.2) is 23.7 Å². The van der Waals surface area contributed by atoms with Crippen LogP contribution in [0.25, 0.3) is 0 Å². The smallest absolute Gasteiger partial charge is 0.0798 e. The summed E-state index contributed by atoms with van der Waals surface area (Å²) in [5, 5.41) is 3.53. The van der Waals surface area contributed by atoms with E-state index < -0.39 is 0 Å². The Morgan fingerprint density at radius 3 is 3.05 bits per heavy atom. The van der Waals surface area contributed by atoms with Crippen LogP contribution < -0.4 is 5.32 Å². The molecule has 1 aromatic carbocycles. The Hall–Kier alpha value is -1.43. The van der Waals surface area contributed by atoms with Gasteiger partial charge in [0.1, 0.15) is 0 Å². The summed E-state index contributed by atoms with van der Waals surface area (Å²) >= 11 is 1.74. The minimum absolute atomic E-state index is 0.750. The van der Waals surface area contributed by atoms with Gasteiger partial charge in [0.25, 0.3) is 0 Å². The number of nitrogens with zero attached hydrogens (tertiary/aromatic N) is 2. The van der Waals surface area contributed by atoms with Crippen molar-refractivity contribution >= 4 is 17.0 Å². The van der Waals surface area contributed by atoms with Crippen LogP contribution in [-0.2, 0) is 24.2 Å². The summed E-state index contributed by atoms with van der Waals surface area (Å²) in [6.07, 6.45) is 1.13. The maximum absolute atomic E-state index is 5.28. The van der Waals surface area contributed by atoms with E-state index in [-0.39, 0.29) is 0 Å². The number of hydrogen-bond donors (Lipinski definition) is 1. The SMILES string of the molecule is COCCN(Cc1cccc2c1NCC2)Cc1scnc1C. The van der Waals surface area contributed by atoms with E-state index >= 15 is 0 Å². The molecular weight excluding hydrogens is 294 g/mol. The van der Waals surface area contributed by atoms with Gasteiger partial charge in [-0.15, -0.1) is 11.3 Å². The first-order valence-corrected chi connectivity index (χ1v) is 8.61. The Labute approximate surface area is 136 Å². The number of aromatic nitrogens is 1. The lowest BCUT2D eigenvalue weighted by Gasteiger charge is -2.23. The van der Waals surface area contributed by atoms with Crippen LogP contribution in [0.2, 0.25) is 0 Å². The molecule has 0 spiro atoms. The first-order chi connectivity index (χ1) is 10.8. The molecule has 0 bridgehead atoms. The van der Waals surface area contributed by atoms with E-state index in [0.29, 0.717) is 0 Å². The second kappa shape index (κ2) is 7.22. The Morgan fingerprint density at radius 2 is 2.27 bits per heavy atom. The fourth-order valence-electron chi connectivity index (χ4n) is 2.90. The third kappa shape index (κ3) is 3.48. The van der Waals surface area contributed by atoms with Gasteiger partial charge in [-0.3, -0.25) is 4.90 Å². The van der Waals surface area contributed by atoms with Gasteiger partial charge >= 0.3 is 0 Å². The van der Waals surface area contributed by atoms with Crippen LogP contribution in [0.4, 0.5) is 5.69 Å². The van der Waals surface area contributed by atoms with E-state index in [1.807, 2.05) is 5.51 Å². The zero-order chi connectivity index (χ0) is 15.4. The van der Waals surface area contributed by atoms with E-state index in [1.165, 1.54) is 21.7 Å². The third-order valence-corrected chi connectivity index (χ3v) is 5.07. The first kappa shape index (κ1) is 15.5. The second-order valence-corrected chi connectivity index (χ2v) is 6.63. The molecule has 0 fully saturated rings. The molecule has 0 aliphatic carbocycles. The van der Waals surface area contributed by atoms with Crippen LogP contribution in [0, 0.1) is 6.92 Å². The number of nitrogens with one attached hydrogen (secondary N) is 1. The molecule has 1 aromatic heterocycles. The largest absolute Gasteiger partial charge is 0.384 e. The molecule has 1 N–H and O–H groups in total. The Balaban J connectivity index is 1.75. The summed E-state index contributed by atoms with van der Waals surface area (Å²) in [7, 11) is 1.76. The van der Waals surface area contributed by atoms with Crippen molar-refractivity contribution in [3.8, 4) is 0 Å². The van der Waals surface area contributed by atoms with Crippen molar-refractivity contribution in [3.63, 3.8) is 0 Å². The van der Waals surface area contributed by atoms with Crippen LogP contribution in [0.5, 0.6) is 0 Å². The summed E-state index contributed by atoms with van der Waals surface area (Å²) in [6, 6.07) is 6.63. The molecule has 2 aromatic rings. The van der Waals surface area contributed by atoms with Crippen molar-refractivity contribution < 1.29 is 4.74 Å². The number of para-hydroxylation sites is 1. The van der Waals surface area contributed by atoms with Crippen LogP contribution in [0.1, 0.15) is 21.7 Å². The zero-order valence-corrected chi connectivity index (χ0v) is 14.1. The first-order valence-electron chi connectivity index (χ1n) is 7.73. The monoisotopic (exact) mass is 317 g/mol. The summed E-state index contributed by atoms with van der Waals surface area (Å²) in [5.41, 5.74) is 7.24. The number of aryl methyl sites for hydroxylation is 1. The molecule has 4 nitrogen and oxygen atoms in total. The van der Waals surface area contributed by atoms with Gasteiger partial charge in [-0.05, 0) is 24.5 Å². The Bertz CT molecular complexity index is 626. The summed E-state index contributed by atoms with van der Waals surface area (Å²) in [6.45, 7) is 6.69. The number of anilines is 1. The highest BCUT2D eigenvalue weighted by atomic mass is 32.1. The molecular formula is C17H23N3OS. The van der Waals surface area contributed by atoms with Gasteiger partial charge in [-0.25, -0.2) is 4.98 Å². The fraction of sp³-hybridized carbons (Fsp3) is 0.471. The average molecular weight is 317 g/mol. The van der Waals surface area contributed by atoms with E-state index in [1.54, 1.807) is 18.4 Å². The molecule has 0 radical (unpaired) electrons. The van der Waals surface area contributed by atoms with Gasteiger partial charge in [-0.2, -0.15) is 0 Å². The standard InChI is InChI=1S/C17H23N3OS/c1-13-16(22-12-19-13)11-20(8-9-21-2)10-15-5-3-4-14-6-7-18-17(14)15/h3-5,12,18H,6-11H2,1-2H3. The van der Waals surface area contributed by atoms with Gasteiger partial charge < -0.3 is 10.1 Å². The van der Waals surface area contributed by atoms with E-state index in [0.717, 1.165) is 44.9 Å². The quantitative estimate of drug-likeness (QED) is 0.851. The van der Waals surface area contributed by atoms with Gasteiger partial charge in [0.15, 0.2) is 0 Å². The lowest BCUT2D eigenvalue weighted by Crippen LogP contribution is -2.27. The van der Waals surface area contributed by atoms with Gasteiger partial charge in [0, 0.05) is 43.9 Å². The summed E-state index contributed by atoms with van der Waals surface area (Å²) < 4.78 is 5.28. The number of fused-ring (bicyclic) bond motifs is 1. The Morgan fingerprint density at radius 1 is 1.36 bits per heavy atom. The predicted molar refractivity (Wildman–Crippen MR) is 91.5 cm³/mol. The molecule has 118 valence electrons. The van der Waals surface area contributed by atoms with Crippen molar-refractivity contribution in [1.29, 1.82) is 0 Å². The van der Waals surface area contributed by atoms with Crippen molar-refractivity contribution in [2.24, 2.45) is 0 Å². The fourth-order valence-corrected chi connectivity index (χ4v) is 3.72. The number of hydrogen-bond acceptors (Lipinski definition) is 5. The van der Waals surface area contributed by atoms with Crippen molar-refractivity contribution in [3.05, 3.63) is 45.4 Å². The molecule has 0 atom stereocenters. The van der Waals surface area contributed by atoms with Crippen molar-refractivity contribution in [1.82, 2.24) is 9.88 Å². The highest BCUT2D eigenvalue weighted by Gasteiger charge is 2.17. The molecule has 1 aliphatic heterocycles. The van der Waals surface area contributed by atoms with E-state index in [2.05, 4.69) is 40.3 Å². The molecule has 0 amide bonds. The molecule has 0 saturated carbocycles. The topological polar surface area (TPSA) is 37.4 Å². The highest BCUT2D eigenvalue weighted by molar-refractivity contribution is 7.09. The van der Waals surface area contributed by atoms with E-state index in [9.17, 15) is 0 Å². The number of thiazole rings is 1. The van der Waals surface area contributed by atoms with Crippen LogP contribution in [-0.4, -0.2) is 36.7 Å². The van der Waals surface area contributed by atoms with Crippen molar-refractivity contribution in [2.75, 3.05) is 32.1 Å². The lowest BCUT2D eigenvalue weighted by molar-refractivity contribution is 0.140. The van der Waals surface area contributed by atoms with E-state index in [4.69, 9.17) is 4.74 Å². The van der Waals surface area contributed by atoms with Gasteiger partial charge in [0.05, 0.1) is 17.8 Å².